The number of benzene rings is 1. The molecule has 0 aromatic heterocycles. The van der Waals surface area contributed by atoms with Gasteiger partial charge in [0, 0.05) is 7.11 Å². The lowest BCUT2D eigenvalue weighted by Crippen LogP contribution is -2.10. The summed E-state index contributed by atoms with van der Waals surface area (Å²) in [6, 6.07) is 7.65. The van der Waals surface area contributed by atoms with Gasteiger partial charge in [0.15, 0.2) is 0 Å². The highest BCUT2D eigenvalue weighted by molar-refractivity contribution is 5.45. The summed E-state index contributed by atoms with van der Waals surface area (Å²) in [6.45, 7) is 3.99. The summed E-state index contributed by atoms with van der Waals surface area (Å²) in [7, 11) is 1.63. The SMILES string of the molecule is COCCOCCOc1ccc(C)cc1C#N. The van der Waals surface area contributed by atoms with Crippen molar-refractivity contribution in [3.63, 3.8) is 0 Å². The molecule has 0 bridgehead atoms. The predicted molar refractivity (Wildman–Crippen MR) is 64.1 cm³/mol. The minimum absolute atomic E-state index is 0.432. The van der Waals surface area contributed by atoms with Gasteiger partial charge >= 0.3 is 0 Å². The molecule has 0 aliphatic rings. The zero-order valence-corrected chi connectivity index (χ0v) is 10.2. The maximum atomic E-state index is 8.94. The molecule has 0 N–H and O–H groups in total. The monoisotopic (exact) mass is 235 g/mol. The smallest absolute Gasteiger partial charge is 0.137 e. The molecule has 1 rings (SSSR count). The summed E-state index contributed by atoms with van der Waals surface area (Å²) in [5.41, 5.74) is 1.60. The first-order valence-corrected chi connectivity index (χ1v) is 5.48. The van der Waals surface area contributed by atoms with Crippen molar-refractivity contribution in [2.75, 3.05) is 33.5 Å². The summed E-state index contributed by atoms with van der Waals surface area (Å²) in [5, 5.41) is 8.94. The summed E-state index contributed by atoms with van der Waals surface area (Å²) in [5.74, 6) is 0.605. The molecule has 0 fully saturated rings. The third kappa shape index (κ3) is 4.85. The average molecular weight is 235 g/mol. The minimum atomic E-state index is 0.432. The predicted octanol–water partition coefficient (Wildman–Crippen LogP) is 1.91. The second kappa shape index (κ2) is 7.66. The Balaban J connectivity index is 2.34. The molecule has 0 unspecified atom stereocenters. The summed E-state index contributed by atoms with van der Waals surface area (Å²) in [6.07, 6.45) is 0. The molecule has 0 saturated carbocycles. The Kier molecular flexibility index (Phi) is 6.08. The molecule has 4 heteroatoms. The van der Waals surface area contributed by atoms with Gasteiger partial charge in [0.2, 0.25) is 0 Å². The van der Waals surface area contributed by atoms with Gasteiger partial charge in [-0.25, -0.2) is 0 Å². The van der Waals surface area contributed by atoms with Crippen molar-refractivity contribution in [3.8, 4) is 11.8 Å². The molecule has 0 atom stereocenters. The third-order valence-electron chi connectivity index (χ3n) is 2.17. The molecule has 1 aromatic rings. The van der Waals surface area contributed by atoms with Gasteiger partial charge in [0.1, 0.15) is 18.4 Å². The largest absolute Gasteiger partial charge is 0.490 e. The molecule has 0 aliphatic heterocycles. The maximum absolute atomic E-state index is 8.94. The zero-order chi connectivity index (χ0) is 12.5. The third-order valence-corrected chi connectivity index (χ3v) is 2.17. The van der Waals surface area contributed by atoms with Gasteiger partial charge in [-0.1, -0.05) is 6.07 Å². The maximum Gasteiger partial charge on any atom is 0.137 e. The van der Waals surface area contributed by atoms with Crippen molar-refractivity contribution >= 4 is 0 Å². The van der Waals surface area contributed by atoms with Crippen LogP contribution >= 0.6 is 0 Å². The first kappa shape index (κ1) is 13.5. The average Bonchev–Trinajstić information content (AvgIpc) is 2.35. The molecule has 17 heavy (non-hydrogen) atoms. The molecule has 4 nitrogen and oxygen atoms in total. The van der Waals surface area contributed by atoms with E-state index in [0.29, 0.717) is 37.7 Å². The Morgan fingerprint density at radius 1 is 1.18 bits per heavy atom. The fraction of sp³-hybridized carbons (Fsp3) is 0.462. The Bertz CT molecular complexity index is 385. The molecule has 0 radical (unpaired) electrons. The molecular formula is C13H17NO3. The van der Waals surface area contributed by atoms with Crippen LogP contribution in [0.5, 0.6) is 5.75 Å². The van der Waals surface area contributed by atoms with Crippen LogP contribution in [0.15, 0.2) is 18.2 Å². The van der Waals surface area contributed by atoms with E-state index in [1.807, 2.05) is 19.1 Å². The number of hydrogen-bond donors (Lipinski definition) is 0. The Labute approximate surface area is 102 Å². The lowest BCUT2D eigenvalue weighted by Gasteiger charge is -2.08. The van der Waals surface area contributed by atoms with E-state index >= 15 is 0 Å². The van der Waals surface area contributed by atoms with Crippen LogP contribution < -0.4 is 4.74 Å². The first-order valence-electron chi connectivity index (χ1n) is 5.48. The molecule has 0 saturated heterocycles. The van der Waals surface area contributed by atoms with E-state index in [1.165, 1.54) is 0 Å². The van der Waals surface area contributed by atoms with Crippen molar-refractivity contribution in [1.29, 1.82) is 5.26 Å². The second-order valence-electron chi connectivity index (χ2n) is 3.57. The summed E-state index contributed by atoms with van der Waals surface area (Å²) < 4.78 is 15.6. The van der Waals surface area contributed by atoms with Crippen LogP contribution in [-0.4, -0.2) is 33.5 Å². The van der Waals surface area contributed by atoms with Crippen LogP contribution in [0.4, 0.5) is 0 Å². The quantitative estimate of drug-likeness (QED) is 0.677. The number of ether oxygens (including phenoxy) is 3. The van der Waals surface area contributed by atoms with Crippen molar-refractivity contribution in [3.05, 3.63) is 29.3 Å². The second-order valence-corrected chi connectivity index (χ2v) is 3.57. The van der Waals surface area contributed by atoms with Gasteiger partial charge in [-0.05, 0) is 24.6 Å². The first-order chi connectivity index (χ1) is 8.27. The molecule has 0 amide bonds. The molecule has 0 heterocycles. The number of rotatable bonds is 7. The number of hydrogen-bond acceptors (Lipinski definition) is 4. The van der Waals surface area contributed by atoms with Crippen LogP contribution in [0.2, 0.25) is 0 Å². The molecular weight excluding hydrogens is 218 g/mol. The van der Waals surface area contributed by atoms with Crippen LogP contribution in [0.25, 0.3) is 0 Å². The van der Waals surface area contributed by atoms with E-state index in [-0.39, 0.29) is 0 Å². The number of aryl methyl sites for hydroxylation is 1. The van der Waals surface area contributed by atoms with Crippen LogP contribution in [0.1, 0.15) is 11.1 Å². The fourth-order valence-corrected chi connectivity index (χ4v) is 1.31. The number of methoxy groups -OCH3 is 1. The van der Waals surface area contributed by atoms with Gasteiger partial charge in [-0.15, -0.1) is 0 Å². The van der Waals surface area contributed by atoms with Gasteiger partial charge in [0.25, 0.3) is 0 Å². The lowest BCUT2D eigenvalue weighted by atomic mass is 10.1. The summed E-state index contributed by atoms with van der Waals surface area (Å²) >= 11 is 0. The van der Waals surface area contributed by atoms with E-state index in [4.69, 9.17) is 19.5 Å². The van der Waals surface area contributed by atoms with Gasteiger partial charge < -0.3 is 14.2 Å². The minimum Gasteiger partial charge on any atom is -0.490 e. The normalized spacial score (nSPS) is 9.94. The Morgan fingerprint density at radius 3 is 2.65 bits per heavy atom. The zero-order valence-electron chi connectivity index (χ0n) is 10.2. The molecule has 1 aromatic carbocycles. The fourth-order valence-electron chi connectivity index (χ4n) is 1.31. The van der Waals surface area contributed by atoms with Crippen molar-refractivity contribution in [2.45, 2.75) is 6.92 Å². The van der Waals surface area contributed by atoms with Crippen LogP contribution in [-0.2, 0) is 9.47 Å². The Hall–Kier alpha value is -1.57. The summed E-state index contributed by atoms with van der Waals surface area (Å²) in [4.78, 5) is 0. The standard InChI is InChI=1S/C13H17NO3/c1-11-3-4-13(12(9-11)10-14)17-8-7-16-6-5-15-2/h3-4,9H,5-8H2,1-2H3. The van der Waals surface area contributed by atoms with E-state index in [1.54, 1.807) is 13.2 Å². The van der Waals surface area contributed by atoms with E-state index in [9.17, 15) is 0 Å². The number of nitriles is 1. The van der Waals surface area contributed by atoms with Gasteiger partial charge in [-0.3, -0.25) is 0 Å². The van der Waals surface area contributed by atoms with E-state index in [0.717, 1.165) is 5.56 Å². The number of nitrogens with zero attached hydrogens (tertiary/aromatic N) is 1. The Morgan fingerprint density at radius 2 is 1.94 bits per heavy atom. The van der Waals surface area contributed by atoms with Crippen LogP contribution in [0, 0.1) is 18.3 Å². The topological polar surface area (TPSA) is 51.5 Å². The highest BCUT2D eigenvalue weighted by Crippen LogP contribution is 2.18. The van der Waals surface area contributed by atoms with Gasteiger partial charge in [0.05, 0.1) is 25.4 Å². The van der Waals surface area contributed by atoms with Crippen molar-refractivity contribution in [2.24, 2.45) is 0 Å². The van der Waals surface area contributed by atoms with Crippen molar-refractivity contribution in [1.82, 2.24) is 0 Å². The van der Waals surface area contributed by atoms with E-state index < -0.39 is 0 Å². The molecule has 0 aliphatic carbocycles. The molecule has 0 spiro atoms. The van der Waals surface area contributed by atoms with E-state index in [2.05, 4.69) is 6.07 Å². The molecule has 92 valence electrons. The van der Waals surface area contributed by atoms with Crippen LogP contribution in [0.3, 0.4) is 0 Å². The highest BCUT2D eigenvalue weighted by Gasteiger charge is 2.02. The lowest BCUT2D eigenvalue weighted by molar-refractivity contribution is 0.0544. The highest BCUT2D eigenvalue weighted by atomic mass is 16.5. The van der Waals surface area contributed by atoms with Gasteiger partial charge in [-0.2, -0.15) is 5.26 Å². The van der Waals surface area contributed by atoms with Crippen molar-refractivity contribution < 1.29 is 14.2 Å².